The third-order valence-corrected chi connectivity index (χ3v) is 2.63. The molecule has 2 rings (SSSR count). The van der Waals surface area contributed by atoms with Gasteiger partial charge in [0.2, 0.25) is 0 Å². The van der Waals surface area contributed by atoms with Crippen LogP contribution >= 0.6 is 0 Å². The number of nitrogens with zero attached hydrogens (tertiary/aromatic N) is 2. The maximum Gasteiger partial charge on any atom is 0.173 e. The summed E-state index contributed by atoms with van der Waals surface area (Å²) in [7, 11) is 0. The molecule has 0 saturated heterocycles. The van der Waals surface area contributed by atoms with E-state index in [0.717, 1.165) is 11.3 Å². The van der Waals surface area contributed by atoms with Crippen molar-refractivity contribution in [1.29, 1.82) is 5.26 Å². The molecule has 1 N–H and O–H groups in total. The van der Waals surface area contributed by atoms with Crippen molar-refractivity contribution in [2.24, 2.45) is 0 Å². The van der Waals surface area contributed by atoms with E-state index in [9.17, 15) is 5.11 Å². The Hall–Kier alpha value is -2.18. The van der Waals surface area contributed by atoms with Crippen LogP contribution in [0.4, 0.5) is 0 Å². The fraction of sp³-hybridized carbons (Fsp3) is 0.143. The first-order valence-corrected chi connectivity index (χ1v) is 5.29. The van der Waals surface area contributed by atoms with Crippen LogP contribution in [0.1, 0.15) is 12.5 Å². The molecule has 84 valence electrons. The number of rotatable bonds is 2. The predicted molar refractivity (Wildman–Crippen MR) is 64.9 cm³/mol. The minimum absolute atomic E-state index is 0.583. The lowest BCUT2D eigenvalue weighted by atomic mass is 9.96. The Morgan fingerprint density at radius 1 is 1.18 bits per heavy atom. The molecule has 0 saturated carbocycles. The van der Waals surface area contributed by atoms with Crippen LogP contribution < -0.4 is 0 Å². The molecule has 1 heterocycles. The molecule has 3 heteroatoms. The summed E-state index contributed by atoms with van der Waals surface area (Å²) in [6, 6.07) is 14.7. The number of nitriles is 1. The fourth-order valence-electron chi connectivity index (χ4n) is 1.56. The highest BCUT2D eigenvalue weighted by Crippen LogP contribution is 2.23. The maximum absolute atomic E-state index is 9.78. The van der Waals surface area contributed by atoms with Crippen molar-refractivity contribution < 1.29 is 5.11 Å². The Bertz CT molecular complexity index is 539. The van der Waals surface area contributed by atoms with Crippen molar-refractivity contribution in [1.82, 2.24) is 4.98 Å². The van der Waals surface area contributed by atoms with Crippen LogP contribution in [-0.4, -0.2) is 10.1 Å². The van der Waals surface area contributed by atoms with E-state index in [1.54, 1.807) is 18.3 Å². The van der Waals surface area contributed by atoms with Crippen molar-refractivity contribution in [3.63, 3.8) is 0 Å². The van der Waals surface area contributed by atoms with Crippen LogP contribution in [0.2, 0.25) is 0 Å². The smallest absolute Gasteiger partial charge is 0.173 e. The van der Waals surface area contributed by atoms with Crippen molar-refractivity contribution in [2.45, 2.75) is 12.5 Å². The van der Waals surface area contributed by atoms with E-state index in [2.05, 4.69) is 4.98 Å². The molecule has 0 fully saturated rings. The highest BCUT2D eigenvalue weighted by molar-refractivity contribution is 5.59. The van der Waals surface area contributed by atoms with E-state index in [-0.39, 0.29) is 0 Å². The van der Waals surface area contributed by atoms with Crippen LogP contribution in [0, 0.1) is 11.3 Å². The first-order valence-electron chi connectivity index (χ1n) is 5.29. The van der Waals surface area contributed by atoms with E-state index in [4.69, 9.17) is 5.26 Å². The van der Waals surface area contributed by atoms with Crippen LogP contribution in [-0.2, 0) is 5.60 Å². The summed E-state index contributed by atoms with van der Waals surface area (Å²) in [5.74, 6) is 0. The van der Waals surface area contributed by atoms with E-state index >= 15 is 0 Å². The highest BCUT2D eigenvalue weighted by Gasteiger charge is 2.21. The van der Waals surface area contributed by atoms with Crippen LogP contribution in [0.3, 0.4) is 0 Å². The van der Waals surface area contributed by atoms with Gasteiger partial charge < -0.3 is 5.11 Å². The lowest BCUT2D eigenvalue weighted by Gasteiger charge is -2.14. The lowest BCUT2D eigenvalue weighted by molar-refractivity contribution is 0.119. The number of aromatic nitrogens is 1. The summed E-state index contributed by atoms with van der Waals surface area (Å²) in [4.78, 5) is 4.23. The van der Waals surface area contributed by atoms with E-state index < -0.39 is 5.60 Å². The van der Waals surface area contributed by atoms with Gasteiger partial charge in [0.25, 0.3) is 0 Å². The zero-order chi connectivity index (χ0) is 12.3. The number of hydrogen-bond acceptors (Lipinski definition) is 3. The molecule has 0 amide bonds. The summed E-state index contributed by atoms with van der Waals surface area (Å²) in [6.45, 7) is 1.47. The molecule has 1 atom stereocenters. The molecule has 2 aromatic rings. The molecule has 0 spiro atoms. The molecule has 1 unspecified atom stereocenters. The zero-order valence-electron chi connectivity index (χ0n) is 9.46. The molecular weight excluding hydrogens is 212 g/mol. The SMILES string of the molecule is CC(O)(C#N)c1ccc(-c2ccccn2)cc1. The normalized spacial score (nSPS) is 13.7. The molecule has 0 aliphatic rings. The molecule has 0 radical (unpaired) electrons. The first kappa shape index (κ1) is 11.3. The molecule has 17 heavy (non-hydrogen) atoms. The zero-order valence-corrected chi connectivity index (χ0v) is 9.46. The van der Waals surface area contributed by atoms with Gasteiger partial charge in [-0.05, 0) is 24.6 Å². The van der Waals surface area contributed by atoms with Gasteiger partial charge in [0, 0.05) is 11.8 Å². The van der Waals surface area contributed by atoms with E-state index in [1.807, 2.05) is 36.4 Å². The standard InChI is InChI=1S/C14H12N2O/c1-14(17,10-15)12-7-5-11(6-8-12)13-4-2-3-9-16-13/h2-9,17H,1H3. The fourth-order valence-corrected chi connectivity index (χ4v) is 1.56. The summed E-state index contributed by atoms with van der Waals surface area (Å²) in [5.41, 5.74) is 0.973. The van der Waals surface area contributed by atoms with Crippen LogP contribution in [0.15, 0.2) is 48.7 Å². The average Bonchev–Trinajstić information content (AvgIpc) is 2.40. The third-order valence-electron chi connectivity index (χ3n) is 2.63. The molecule has 1 aromatic carbocycles. The van der Waals surface area contributed by atoms with Crippen molar-refractivity contribution >= 4 is 0 Å². The van der Waals surface area contributed by atoms with Gasteiger partial charge in [0.05, 0.1) is 5.69 Å². The van der Waals surface area contributed by atoms with Gasteiger partial charge in [0.1, 0.15) is 6.07 Å². The molecule has 1 aromatic heterocycles. The quantitative estimate of drug-likeness (QED) is 0.797. The number of pyridine rings is 1. The Morgan fingerprint density at radius 3 is 2.41 bits per heavy atom. The van der Waals surface area contributed by atoms with Gasteiger partial charge in [-0.2, -0.15) is 5.26 Å². The van der Waals surface area contributed by atoms with Gasteiger partial charge >= 0.3 is 0 Å². The topological polar surface area (TPSA) is 56.9 Å². The number of aliphatic hydroxyl groups is 1. The van der Waals surface area contributed by atoms with E-state index in [0.29, 0.717) is 5.56 Å². The Labute approximate surface area is 100.0 Å². The number of benzene rings is 1. The Morgan fingerprint density at radius 2 is 1.88 bits per heavy atom. The second kappa shape index (κ2) is 4.36. The Kier molecular flexibility index (Phi) is 2.90. The monoisotopic (exact) mass is 224 g/mol. The van der Waals surface area contributed by atoms with Gasteiger partial charge in [-0.3, -0.25) is 4.98 Å². The summed E-state index contributed by atoms with van der Waals surface area (Å²) < 4.78 is 0. The lowest BCUT2D eigenvalue weighted by Crippen LogP contribution is -2.17. The van der Waals surface area contributed by atoms with Gasteiger partial charge in [0.15, 0.2) is 5.60 Å². The third kappa shape index (κ3) is 2.32. The van der Waals surface area contributed by atoms with Gasteiger partial charge in [-0.15, -0.1) is 0 Å². The minimum atomic E-state index is -1.44. The second-order valence-corrected chi connectivity index (χ2v) is 3.98. The van der Waals surface area contributed by atoms with Crippen molar-refractivity contribution in [2.75, 3.05) is 0 Å². The molecule has 0 aliphatic heterocycles. The molecule has 0 bridgehead atoms. The minimum Gasteiger partial charge on any atom is -0.372 e. The highest BCUT2D eigenvalue weighted by atomic mass is 16.3. The molecule has 3 nitrogen and oxygen atoms in total. The first-order chi connectivity index (χ1) is 8.13. The molecular formula is C14H12N2O. The average molecular weight is 224 g/mol. The van der Waals surface area contributed by atoms with Crippen molar-refractivity contribution in [3.8, 4) is 17.3 Å². The van der Waals surface area contributed by atoms with Crippen LogP contribution in [0.25, 0.3) is 11.3 Å². The van der Waals surface area contributed by atoms with E-state index in [1.165, 1.54) is 6.92 Å². The largest absolute Gasteiger partial charge is 0.372 e. The van der Waals surface area contributed by atoms with Gasteiger partial charge in [-0.25, -0.2) is 0 Å². The Balaban J connectivity index is 2.35. The molecule has 0 aliphatic carbocycles. The van der Waals surface area contributed by atoms with Gasteiger partial charge in [-0.1, -0.05) is 30.3 Å². The maximum atomic E-state index is 9.78. The van der Waals surface area contributed by atoms with Crippen LogP contribution in [0.5, 0.6) is 0 Å². The number of hydrogen-bond donors (Lipinski definition) is 1. The summed E-state index contributed by atoms with van der Waals surface area (Å²) in [5, 5.41) is 18.6. The summed E-state index contributed by atoms with van der Waals surface area (Å²) in [6.07, 6.45) is 1.73. The second-order valence-electron chi connectivity index (χ2n) is 3.98. The predicted octanol–water partition coefficient (Wildman–Crippen LogP) is 2.48. The van der Waals surface area contributed by atoms with Crippen molar-refractivity contribution in [3.05, 3.63) is 54.2 Å². The summed E-state index contributed by atoms with van der Waals surface area (Å²) >= 11 is 0.